The normalized spacial score (nSPS) is 22.3. The van der Waals surface area contributed by atoms with Gasteiger partial charge in [0, 0.05) is 5.92 Å². The predicted molar refractivity (Wildman–Crippen MR) is 92.3 cm³/mol. The lowest BCUT2D eigenvalue weighted by molar-refractivity contribution is -0.139. The molecule has 2 atom stereocenters. The van der Waals surface area contributed by atoms with E-state index in [1.165, 1.54) is 0 Å². The second kappa shape index (κ2) is 5.82. The second-order valence-corrected chi connectivity index (χ2v) is 8.62. The lowest BCUT2D eigenvalue weighted by Crippen LogP contribution is -2.36. The highest BCUT2D eigenvalue weighted by atomic mass is 16.4. The number of phenolic OH excluding ortho intramolecular Hbond substituents is 1. The van der Waals surface area contributed by atoms with Crippen LogP contribution in [0.25, 0.3) is 0 Å². The van der Waals surface area contributed by atoms with Gasteiger partial charge in [-0.3, -0.25) is 4.79 Å². The van der Waals surface area contributed by atoms with Crippen molar-refractivity contribution in [2.24, 2.45) is 0 Å². The van der Waals surface area contributed by atoms with Crippen LogP contribution in [0, 0.1) is 0 Å². The summed E-state index contributed by atoms with van der Waals surface area (Å²) in [4.78, 5) is 11.7. The molecule has 0 aromatic heterocycles. The largest absolute Gasteiger partial charge is 0.508 e. The zero-order chi connectivity index (χ0) is 17.6. The molecule has 1 saturated heterocycles. The first kappa shape index (κ1) is 17.8. The van der Waals surface area contributed by atoms with Crippen LogP contribution in [-0.2, 0) is 15.6 Å². The van der Waals surface area contributed by atoms with Crippen molar-refractivity contribution in [2.45, 2.75) is 70.8 Å². The number of carbonyl (C=O) groups is 1. The number of aliphatic carboxylic acids is 1. The van der Waals surface area contributed by atoms with Crippen LogP contribution in [0.4, 0.5) is 0 Å². The molecule has 0 saturated carbocycles. The highest BCUT2D eigenvalue weighted by Crippen LogP contribution is 2.43. The zero-order valence-electron chi connectivity index (χ0n) is 15.0. The van der Waals surface area contributed by atoms with Crippen molar-refractivity contribution in [3.05, 3.63) is 28.8 Å². The fraction of sp³-hybridized carbons (Fsp3) is 0.632. The molecule has 2 rings (SSSR count). The van der Waals surface area contributed by atoms with Crippen LogP contribution in [0.5, 0.6) is 5.75 Å². The molecule has 1 aromatic rings. The Hall–Kier alpha value is -1.55. The fourth-order valence-electron chi connectivity index (χ4n) is 3.55. The lowest BCUT2D eigenvalue weighted by atomic mass is 9.71. The van der Waals surface area contributed by atoms with Gasteiger partial charge in [-0.25, -0.2) is 0 Å². The van der Waals surface area contributed by atoms with Crippen LogP contribution < -0.4 is 5.32 Å². The molecule has 4 heteroatoms. The van der Waals surface area contributed by atoms with Crippen molar-refractivity contribution in [3.63, 3.8) is 0 Å². The summed E-state index contributed by atoms with van der Waals surface area (Å²) in [7, 11) is 0. The van der Waals surface area contributed by atoms with E-state index < -0.39 is 12.0 Å². The van der Waals surface area contributed by atoms with E-state index in [2.05, 4.69) is 46.9 Å². The Labute approximate surface area is 138 Å². The number of nitrogens with one attached hydrogen (secondary N) is 1. The van der Waals surface area contributed by atoms with Gasteiger partial charge in [0.15, 0.2) is 0 Å². The molecule has 0 radical (unpaired) electrons. The maximum absolute atomic E-state index is 11.7. The lowest BCUT2D eigenvalue weighted by Gasteiger charge is -2.34. The molecule has 23 heavy (non-hydrogen) atoms. The molecule has 128 valence electrons. The first-order chi connectivity index (χ1) is 10.4. The standard InChI is InChI=1S/C19H29NO3/c1-18(2,3)13-9-11(21)10-14(19(4,5)6)15(13)12-7-8-20-16(12)17(22)23/h9-10,12,16,20-21H,7-8H2,1-6H3,(H,22,23)/t12?,16-/m0/s1. The van der Waals surface area contributed by atoms with E-state index in [4.69, 9.17) is 0 Å². The van der Waals surface area contributed by atoms with Crippen LogP contribution in [0.3, 0.4) is 0 Å². The Morgan fingerprint density at radius 2 is 1.57 bits per heavy atom. The smallest absolute Gasteiger partial charge is 0.321 e. The van der Waals surface area contributed by atoms with Crippen molar-refractivity contribution in [1.29, 1.82) is 0 Å². The minimum atomic E-state index is -0.805. The molecular formula is C19H29NO3. The molecule has 0 amide bonds. The van der Waals surface area contributed by atoms with Gasteiger partial charge >= 0.3 is 5.97 Å². The van der Waals surface area contributed by atoms with Crippen LogP contribution in [0.2, 0.25) is 0 Å². The number of carboxylic acids is 1. The summed E-state index contributed by atoms with van der Waals surface area (Å²) in [5.74, 6) is -0.627. The van der Waals surface area contributed by atoms with E-state index in [9.17, 15) is 15.0 Å². The summed E-state index contributed by atoms with van der Waals surface area (Å²) in [6, 6.07) is 3.05. The van der Waals surface area contributed by atoms with Gasteiger partial charge in [0.1, 0.15) is 11.8 Å². The molecule has 1 aliphatic rings. The molecule has 0 bridgehead atoms. The Bertz CT molecular complexity index is 573. The molecular weight excluding hydrogens is 290 g/mol. The maximum atomic E-state index is 11.7. The molecule has 1 aliphatic heterocycles. The molecule has 0 aliphatic carbocycles. The number of benzene rings is 1. The van der Waals surface area contributed by atoms with Gasteiger partial charge in [-0.1, -0.05) is 41.5 Å². The molecule has 4 nitrogen and oxygen atoms in total. The number of hydrogen-bond acceptors (Lipinski definition) is 3. The van der Waals surface area contributed by atoms with Crippen LogP contribution >= 0.6 is 0 Å². The molecule has 1 aromatic carbocycles. The number of aromatic hydroxyl groups is 1. The SMILES string of the molecule is CC(C)(C)c1cc(O)cc(C(C)(C)C)c1C1CCN[C@@H]1C(=O)O. The summed E-state index contributed by atoms with van der Waals surface area (Å²) in [6.45, 7) is 13.3. The number of phenols is 1. The molecule has 1 fully saturated rings. The topological polar surface area (TPSA) is 69.6 Å². The summed E-state index contributed by atoms with van der Waals surface area (Å²) >= 11 is 0. The Kier molecular flexibility index (Phi) is 4.51. The van der Waals surface area contributed by atoms with E-state index in [1.54, 1.807) is 0 Å². The molecule has 0 spiro atoms. The third-order valence-electron chi connectivity index (χ3n) is 4.64. The Morgan fingerprint density at radius 3 is 1.96 bits per heavy atom. The fourth-order valence-corrected chi connectivity index (χ4v) is 3.55. The van der Waals surface area contributed by atoms with Crippen molar-refractivity contribution in [2.75, 3.05) is 6.54 Å². The number of hydrogen-bond donors (Lipinski definition) is 3. The van der Waals surface area contributed by atoms with E-state index >= 15 is 0 Å². The van der Waals surface area contributed by atoms with Crippen molar-refractivity contribution >= 4 is 5.97 Å². The monoisotopic (exact) mass is 319 g/mol. The van der Waals surface area contributed by atoms with Crippen LogP contribution in [0.15, 0.2) is 12.1 Å². The highest BCUT2D eigenvalue weighted by Gasteiger charge is 2.39. The molecule has 1 heterocycles. The average Bonchev–Trinajstić information content (AvgIpc) is 2.84. The molecule has 3 N–H and O–H groups in total. The minimum absolute atomic E-state index is 0.0726. The Morgan fingerprint density at radius 1 is 1.09 bits per heavy atom. The predicted octanol–water partition coefficient (Wildman–Crippen LogP) is 3.52. The van der Waals surface area contributed by atoms with Gasteiger partial charge in [0.25, 0.3) is 0 Å². The average molecular weight is 319 g/mol. The second-order valence-electron chi connectivity index (χ2n) is 8.62. The maximum Gasteiger partial charge on any atom is 0.321 e. The quantitative estimate of drug-likeness (QED) is 0.780. The Balaban J connectivity index is 2.75. The summed E-state index contributed by atoms with van der Waals surface area (Å²) in [6.07, 6.45) is 0.800. The van der Waals surface area contributed by atoms with Gasteiger partial charge in [0.05, 0.1) is 0 Å². The van der Waals surface area contributed by atoms with Crippen molar-refractivity contribution in [3.8, 4) is 5.75 Å². The highest BCUT2D eigenvalue weighted by molar-refractivity contribution is 5.76. The van der Waals surface area contributed by atoms with Gasteiger partial charge in [-0.2, -0.15) is 0 Å². The van der Waals surface area contributed by atoms with Gasteiger partial charge in [-0.05, 0) is 52.6 Å². The summed E-state index contributed by atoms with van der Waals surface area (Å²) < 4.78 is 0. The van der Waals surface area contributed by atoms with E-state index in [1.807, 2.05) is 12.1 Å². The van der Waals surface area contributed by atoms with Crippen molar-refractivity contribution < 1.29 is 15.0 Å². The zero-order valence-corrected chi connectivity index (χ0v) is 15.0. The number of rotatable bonds is 2. The van der Waals surface area contributed by atoms with Gasteiger partial charge < -0.3 is 15.5 Å². The first-order valence-electron chi connectivity index (χ1n) is 8.27. The third-order valence-corrected chi connectivity index (χ3v) is 4.64. The van der Waals surface area contributed by atoms with Gasteiger partial charge in [0.2, 0.25) is 0 Å². The van der Waals surface area contributed by atoms with Crippen molar-refractivity contribution in [1.82, 2.24) is 5.32 Å². The van der Waals surface area contributed by atoms with Crippen LogP contribution in [-0.4, -0.2) is 28.8 Å². The summed E-state index contributed by atoms with van der Waals surface area (Å²) in [5.41, 5.74) is 2.85. The van der Waals surface area contributed by atoms with Crippen LogP contribution in [0.1, 0.15) is 70.6 Å². The van der Waals surface area contributed by atoms with E-state index in [0.717, 1.165) is 23.1 Å². The van der Waals surface area contributed by atoms with E-state index in [-0.39, 0.29) is 22.5 Å². The third kappa shape index (κ3) is 3.52. The van der Waals surface area contributed by atoms with Gasteiger partial charge in [-0.15, -0.1) is 0 Å². The van der Waals surface area contributed by atoms with E-state index in [0.29, 0.717) is 6.54 Å². The summed E-state index contributed by atoms with van der Waals surface area (Å²) in [5, 5.41) is 22.9. The number of carboxylic acid groups (broad SMARTS) is 1. The first-order valence-corrected chi connectivity index (χ1v) is 8.27. The minimum Gasteiger partial charge on any atom is -0.508 e. The molecule has 1 unspecified atom stereocenters.